The predicted octanol–water partition coefficient (Wildman–Crippen LogP) is 1.78. The van der Waals surface area contributed by atoms with E-state index in [4.69, 9.17) is 5.73 Å². The predicted molar refractivity (Wildman–Crippen MR) is 63.1 cm³/mol. The van der Waals surface area contributed by atoms with Gasteiger partial charge in [0.15, 0.2) is 0 Å². The third-order valence-corrected chi connectivity index (χ3v) is 3.83. The van der Waals surface area contributed by atoms with E-state index in [-0.39, 0.29) is 0 Å². The smallest absolute Gasteiger partial charge is 0.205 e. The number of nitrogens with one attached hydrogen (secondary N) is 1. The van der Waals surface area contributed by atoms with Crippen molar-refractivity contribution in [2.24, 2.45) is 11.7 Å². The first kappa shape index (κ1) is 10.8. The monoisotopic (exact) mass is 226 g/mol. The fourth-order valence-corrected chi connectivity index (χ4v) is 2.90. The zero-order chi connectivity index (χ0) is 10.7. The van der Waals surface area contributed by atoms with Gasteiger partial charge in [-0.2, -0.15) is 0 Å². The molecule has 1 aromatic heterocycles. The van der Waals surface area contributed by atoms with Gasteiger partial charge < -0.3 is 11.1 Å². The third-order valence-electron chi connectivity index (χ3n) is 3.06. The summed E-state index contributed by atoms with van der Waals surface area (Å²) in [6, 6.07) is 0.375. The van der Waals surface area contributed by atoms with E-state index in [1.54, 1.807) is 11.3 Å². The van der Waals surface area contributed by atoms with Crippen molar-refractivity contribution in [3.05, 3.63) is 5.01 Å². The average molecular weight is 226 g/mol. The van der Waals surface area contributed by atoms with Crippen LogP contribution in [-0.2, 0) is 0 Å². The molecule has 1 aliphatic carbocycles. The number of rotatable bonds is 4. The Hall–Kier alpha value is -0.680. The Morgan fingerprint density at radius 1 is 1.47 bits per heavy atom. The number of anilines is 1. The van der Waals surface area contributed by atoms with Gasteiger partial charge in [0.05, 0.1) is 0 Å². The van der Waals surface area contributed by atoms with Crippen LogP contribution < -0.4 is 11.1 Å². The minimum absolute atomic E-state index is 0.375. The van der Waals surface area contributed by atoms with Gasteiger partial charge in [0.25, 0.3) is 0 Å². The summed E-state index contributed by atoms with van der Waals surface area (Å²) in [5.74, 6) is 0.721. The van der Waals surface area contributed by atoms with Crippen molar-refractivity contribution >= 4 is 16.5 Å². The van der Waals surface area contributed by atoms with Crippen LogP contribution in [0.4, 0.5) is 5.13 Å². The highest BCUT2D eigenvalue weighted by molar-refractivity contribution is 7.15. The van der Waals surface area contributed by atoms with E-state index in [0.717, 1.165) is 16.1 Å². The second-order valence-electron chi connectivity index (χ2n) is 4.16. The van der Waals surface area contributed by atoms with Crippen molar-refractivity contribution in [2.45, 2.75) is 38.6 Å². The molecule has 0 bridgehead atoms. The first-order valence-corrected chi connectivity index (χ1v) is 6.38. The van der Waals surface area contributed by atoms with Gasteiger partial charge in [-0.1, -0.05) is 24.2 Å². The Morgan fingerprint density at radius 3 is 2.73 bits per heavy atom. The van der Waals surface area contributed by atoms with Crippen LogP contribution in [0.3, 0.4) is 0 Å². The van der Waals surface area contributed by atoms with Crippen LogP contribution in [-0.4, -0.2) is 22.8 Å². The summed E-state index contributed by atoms with van der Waals surface area (Å²) >= 11 is 1.60. The van der Waals surface area contributed by atoms with E-state index in [0.29, 0.717) is 12.6 Å². The lowest BCUT2D eigenvalue weighted by molar-refractivity contribution is 0.462. The fourth-order valence-electron chi connectivity index (χ4n) is 2.24. The lowest BCUT2D eigenvalue weighted by Gasteiger charge is -2.22. The van der Waals surface area contributed by atoms with E-state index in [9.17, 15) is 0 Å². The summed E-state index contributed by atoms with van der Waals surface area (Å²) in [5, 5.41) is 13.4. The Bertz CT molecular complexity index is 306. The van der Waals surface area contributed by atoms with Crippen molar-refractivity contribution in [3.63, 3.8) is 0 Å². The van der Waals surface area contributed by atoms with E-state index in [1.807, 2.05) is 6.92 Å². The molecule has 0 aliphatic heterocycles. The molecule has 84 valence electrons. The lowest BCUT2D eigenvalue weighted by atomic mass is 9.98. The summed E-state index contributed by atoms with van der Waals surface area (Å²) in [5.41, 5.74) is 5.80. The number of nitrogens with zero attached hydrogens (tertiary/aromatic N) is 2. The van der Waals surface area contributed by atoms with Crippen LogP contribution >= 0.6 is 11.3 Å². The number of aryl methyl sites for hydroxylation is 1. The number of nitrogens with two attached hydrogens (primary N) is 1. The maximum Gasteiger partial charge on any atom is 0.205 e. The quantitative estimate of drug-likeness (QED) is 0.821. The zero-order valence-electron chi connectivity index (χ0n) is 9.07. The minimum atomic E-state index is 0.375. The van der Waals surface area contributed by atoms with Crippen LogP contribution in [0.15, 0.2) is 0 Å². The van der Waals surface area contributed by atoms with Crippen LogP contribution in [0.1, 0.15) is 30.7 Å². The molecule has 3 N–H and O–H groups in total. The van der Waals surface area contributed by atoms with Gasteiger partial charge in [-0.15, -0.1) is 10.2 Å². The lowest BCUT2D eigenvalue weighted by Crippen LogP contribution is -2.35. The van der Waals surface area contributed by atoms with Crippen molar-refractivity contribution in [1.29, 1.82) is 0 Å². The molecule has 4 nitrogen and oxygen atoms in total. The molecule has 5 heteroatoms. The molecule has 2 rings (SSSR count). The van der Waals surface area contributed by atoms with Gasteiger partial charge in [-0.25, -0.2) is 0 Å². The molecule has 0 spiro atoms. The van der Waals surface area contributed by atoms with Crippen LogP contribution in [0, 0.1) is 12.8 Å². The standard InChI is InChI=1S/C10H18N4S/c1-7-13-14-10(15-7)12-9(6-11)8-4-2-3-5-8/h8-9H,2-6,11H2,1H3,(H,12,14). The highest BCUT2D eigenvalue weighted by Gasteiger charge is 2.24. The first-order valence-electron chi connectivity index (χ1n) is 5.56. The minimum Gasteiger partial charge on any atom is -0.356 e. The summed E-state index contributed by atoms with van der Waals surface area (Å²) in [6.45, 7) is 2.65. The van der Waals surface area contributed by atoms with Gasteiger partial charge in [-0.3, -0.25) is 0 Å². The highest BCUT2D eigenvalue weighted by atomic mass is 32.1. The van der Waals surface area contributed by atoms with Crippen LogP contribution in [0.25, 0.3) is 0 Å². The van der Waals surface area contributed by atoms with E-state index in [1.165, 1.54) is 25.7 Å². The molecule has 1 aliphatic rings. The molecular formula is C10H18N4S. The topological polar surface area (TPSA) is 63.8 Å². The maximum atomic E-state index is 5.80. The Balaban J connectivity index is 1.95. The normalized spacial score (nSPS) is 19.3. The molecule has 0 aromatic carbocycles. The van der Waals surface area contributed by atoms with Crippen molar-refractivity contribution in [1.82, 2.24) is 10.2 Å². The molecule has 0 amide bonds. The molecule has 1 atom stereocenters. The molecule has 1 aromatic rings. The maximum absolute atomic E-state index is 5.80. The molecule has 0 radical (unpaired) electrons. The van der Waals surface area contributed by atoms with E-state index in [2.05, 4.69) is 15.5 Å². The number of hydrogen-bond acceptors (Lipinski definition) is 5. The first-order chi connectivity index (χ1) is 7.29. The van der Waals surface area contributed by atoms with Gasteiger partial charge in [-0.05, 0) is 25.7 Å². The molecule has 1 fully saturated rings. The van der Waals surface area contributed by atoms with Crippen molar-refractivity contribution in [2.75, 3.05) is 11.9 Å². The van der Waals surface area contributed by atoms with Gasteiger partial charge >= 0.3 is 0 Å². The number of hydrogen-bond donors (Lipinski definition) is 2. The third kappa shape index (κ3) is 2.66. The molecule has 1 unspecified atom stereocenters. The summed E-state index contributed by atoms with van der Waals surface area (Å²) in [7, 11) is 0. The Morgan fingerprint density at radius 2 is 2.20 bits per heavy atom. The van der Waals surface area contributed by atoms with Gasteiger partial charge in [0.1, 0.15) is 5.01 Å². The molecular weight excluding hydrogens is 208 g/mol. The van der Waals surface area contributed by atoms with E-state index < -0.39 is 0 Å². The fraction of sp³-hybridized carbons (Fsp3) is 0.800. The number of aromatic nitrogens is 2. The largest absolute Gasteiger partial charge is 0.356 e. The molecule has 15 heavy (non-hydrogen) atoms. The van der Waals surface area contributed by atoms with E-state index >= 15 is 0 Å². The summed E-state index contributed by atoms with van der Waals surface area (Å²) < 4.78 is 0. The highest BCUT2D eigenvalue weighted by Crippen LogP contribution is 2.29. The summed E-state index contributed by atoms with van der Waals surface area (Å²) in [6.07, 6.45) is 5.29. The Labute approximate surface area is 94.3 Å². The van der Waals surface area contributed by atoms with Gasteiger partial charge in [0.2, 0.25) is 5.13 Å². The second kappa shape index (κ2) is 4.90. The van der Waals surface area contributed by atoms with Crippen molar-refractivity contribution in [3.8, 4) is 0 Å². The van der Waals surface area contributed by atoms with Crippen molar-refractivity contribution < 1.29 is 0 Å². The SMILES string of the molecule is Cc1nnc(NC(CN)C2CCCC2)s1. The molecule has 1 saturated carbocycles. The molecule has 0 saturated heterocycles. The summed E-state index contributed by atoms with van der Waals surface area (Å²) in [4.78, 5) is 0. The zero-order valence-corrected chi connectivity index (χ0v) is 9.89. The van der Waals surface area contributed by atoms with Crippen LogP contribution in [0.2, 0.25) is 0 Å². The average Bonchev–Trinajstić information content (AvgIpc) is 2.85. The molecule has 1 heterocycles. The second-order valence-corrected chi connectivity index (χ2v) is 5.34. The Kier molecular flexibility index (Phi) is 3.53. The van der Waals surface area contributed by atoms with Crippen LogP contribution in [0.5, 0.6) is 0 Å². The van der Waals surface area contributed by atoms with Gasteiger partial charge in [0, 0.05) is 12.6 Å².